The maximum absolute atomic E-state index is 13.8. The molecule has 4 aromatic rings. The number of halogens is 3. The van der Waals surface area contributed by atoms with Crippen molar-refractivity contribution in [2.24, 2.45) is 0 Å². The van der Waals surface area contributed by atoms with Crippen LogP contribution in [0.1, 0.15) is 29.8 Å². The zero-order valence-corrected chi connectivity index (χ0v) is 21.2. The fraction of sp³-hybridized carbons (Fsp3) is 0.308. The van der Waals surface area contributed by atoms with E-state index in [0.29, 0.717) is 34.6 Å². The standard InChI is InChI=1S/C26H25F3N6OS/c1-34(2)26-33-23(24(37-26)15-6-8-16(27)9-7-15)25(36)35-10-4-3-5-17(35)13-31-22-14-30-20-11-18(28)19(29)12-21(20)32-22/h6-9,11-12,14,17H,3-5,10,13H2,1-2H3,(H,31,32)/t17-/m0/s1. The number of likely N-dealkylation sites (tertiary alicyclic amines) is 1. The van der Waals surface area contributed by atoms with E-state index in [0.717, 1.165) is 37.0 Å². The first-order valence-corrected chi connectivity index (χ1v) is 12.7. The molecule has 0 saturated carbocycles. The van der Waals surface area contributed by atoms with Crippen molar-refractivity contribution in [2.45, 2.75) is 25.3 Å². The zero-order chi connectivity index (χ0) is 26.1. The monoisotopic (exact) mass is 526 g/mol. The quantitative estimate of drug-likeness (QED) is 0.366. The summed E-state index contributed by atoms with van der Waals surface area (Å²) in [5.41, 5.74) is 1.57. The van der Waals surface area contributed by atoms with Gasteiger partial charge in [0.25, 0.3) is 5.91 Å². The van der Waals surface area contributed by atoms with Crippen molar-refractivity contribution in [1.82, 2.24) is 19.9 Å². The third-order valence-electron chi connectivity index (χ3n) is 6.30. The van der Waals surface area contributed by atoms with Gasteiger partial charge < -0.3 is 15.1 Å². The van der Waals surface area contributed by atoms with Crippen LogP contribution < -0.4 is 10.2 Å². The van der Waals surface area contributed by atoms with E-state index in [1.165, 1.54) is 29.7 Å². The molecule has 0 spiro atoms. The number of thiazole rings is 1. The van der Waals surface area contributed by atoms with E-state index in [4.69, 9.17) is 0 Å². The van der Waals surface area contributed by atoms with Crippen LogP contribution >= 0.6 is 11.3 Å². The number of piperidine rings is 1. The van der Waals surface area contributed by atoms with Crippen molar-refractivity contribution in [3.05, 3.63) is 65.7 Å². The Bertz CT molecular complexity index is 1440. The Morgan fingerprint density at radius 1 is 1.08 bits per heavy atom. The molecule has 1 fully saturated rings. The third kappa shape index (κ3) is 5.22. The molecule has 192 valence electrons. The SMILES string of the molecule is CN(C)c1nc(C(=O)N2CCCC[C@H]2CNc2cnc3cc(F)c(F)cc3n2)c(-c2ccc(F)cc2)s1. The summed E-state index contributed by atoms with van der Waals surface area (Å²) in [6.45, 7) is 0.989. The lowest BCUT2D eigenvalue weighted by molar-refractivity contribution is 0.0624. The average molecular weight is 527 g/mol. The minimum absolute atomic E-state index is 0.130. The second-order valence-corrected chi connectivity index (χ2v) is 10.1. The van der Waals surface area contributed by atoms with Crippen molar-refractivity contribution in [3.63, 3.8) is 0 Å². The highest BCUT2D eigenvalue weighted by atomic mass is 32.1. The van der Waals surface area contributed by atoms with Gasteiger partial charge in [-0.1, -0.05) is 23.5 Å². The van der Waals surface area contributed by atoms with Gasteiger partial charge in [0.1, 0.15) is 17.3 Å². The average Bonchev–Trinajstić information content (AvgIpc) is 3.34. The first-order chi connectivity index (χ1) is 17.8. The van der Waals surface area contributed by atoms with Crippen LogP contribution in [0.2, 0.25) is 0 Å². The van der Waals surface area contributed by atoms with Crippen LogP contribution in [0.3, 0.4) is 0 Å². The van der Waals surface area contributed by atoms with E-state index in [-0.39, 0.29) is 28.8 Å². The summed E-state index contributed by atoms with van der Waals surface area (Å²) in [6.07, 6.45) is 4.09. The normalized spacial score (nSPS) is 15.7. The van der Waals surface area contributed by atoms with Gasteiger partial charge in [-0.25, -0.2) is 23.1 Å². The van der Waals surface area contributed by atoms with E-state index in [2.05, 4.69) is 20.3 Å². The molecule has 11 heteroatoms. The van der Waals surface area contributed by atoms with Crippen LogP contribution in [0.25, 0.3) is 21.5 Å². The van der Waals surface area contributed by atoms with E-state index in [9.17, 15) is 18.0 Å². The molecule has 1 atom stereocenters. The van der Waals surface area contributed by atoms with Crippen molar-refractivity contribution >= 4 is 39.2 Å². The fourth-order valence-electron chi connectivity index (χ4n) is 4.37. The minimum atomic E-state index is -0.986. The molecule has 0 unspecified atom stereocenters. The molecule has 1 aliphatic heterocycles. The van der Waals surface area contributed by atoms with Gasteiger partial charge in [0, 0.05) is 45.4 Å². The number of hydrogen-bond acceptors (Lipinski definition) is 7. The van der Waals surface area contributed by atoms with Crippen LogP contribution in [0.4, 0.5) is 24.1 Å². The van der Waals surface area contributed by atoms with Crippen LogP contribution in [0.5, 0.6) is 0 Å². The number of nitrogens with zero attached hydrogens (tertiary/aromatic N) is 5. The summed E-state index contributed by atoms with van der Waals surface area (Å²) in [6, 6.07) is 7.95. The topological polar surface area (TPSA) is 74.2 Å². The molecule has 3 heterocycles. The van der Waals surface area contributed by atoms with Crippen molar-refractivity contribution in [3.8, 4) is 10.4 Å². The Balaban J connectivity index is 1.39. The molecule has 1 aliphatic rings. The van der Waals surface area contributed by atoms with Gasteiger partial charge in [0.05, 0.1) is 22.1 Å². The lowest BCUT2D eigenvalue weighted by Gasteiger charge is -2.35. The van der Waals surface area contributed by atoms with Gasteiger partial charge in [-0.15, -0.1) is 0 Å². The maximum atomic E-state index is 13.8. The summed E-state index contributed by atoms with van der Waals surface area (Å²) in [7, 11) is 3.72. The Hall–Kier alpha value is -3.73. The molecule has 7 nitrogen and oxygen atoms in total. The molecule has 1 amide bonds. The maximum Gasteiger partial charge on any atom is 0.274 e. The van der Waals surface area contributed by atoms with E-state index in [1.807, 2.05) is 23.9 Å². The van der Waals surface area contributed by atoms with E-state index < -0.39 is 11.6 Å². The highest BCUT2D eigenvalue weighted by molar-refractivity contribution is 7.19. The van der Waals surface area contributed by atoms with Gasteiger partial charge in [0.15, 0.2) is 16.8 Å². The molecular formula is C26H25F3N6OS. The smallest absolute Gasteiger partial charge is 0.274 e. The number of amides is 1. The highest BCUT2D eigenvalue weighted by Gasteiger charge is 2.31. The second-order valence-electron chi connectivity index (χ2n) is 9.11. The molecule has 37 heavy (non-hydrogen) atoms. The number of anilines is 2. The number of benzene rings is 2. The number of carbonyl (C=O) groups is 1. The van der Waals surface area contributed by atoms with Crippen LogP contribution in [-0.4, -0.2) is 59.0 Å². The van der Waals surface area contributed by atoms with Gasteiger partial charge >= 0.3 is 0 Å². The lowest BCUT2D eigenvalue weighted by atomic mass is 10.0. The number of carbonyl (C=O) groups excluding carboxylic acids is 1. The highest BCUT2D eigenvalue weighted by Crippen LogP contribution is 2.36. The number of nitrogens with one attached hydrogen (secondary N) is 1. The summed E-state index contributed by atoms with van der Waals surface area (Å²) >= 11 is 1.39. The molecule has 5 rings (SSSR count). The molecule has 2 aromatic heterocycles. The van der Waals surface area contributed by atoms with Gasteiger partial charge in [-0.2, -0.15) is 0 Å². The number of rotatable bonds is 6. The molecular weight excluding hydrogens is 501 g/mol. The van der Waals surface area contributed by atoms with E-state index in [1.54, 1.807) is 12.1 Å². The summed E-state index contributed by atoms with van der Waals surface area (Å²) < 4.78 is 40.7. The predicted molar refractivity (Wildman–Crippen MR) is 138 cm³/mol. The first-order valence-electron chi connectivity index (χ1n) is 11.9. The van der Waals surface area contributed by atoms with Gasteiger partial charge in [-0.3, -0.25) is 9.78 Å². The lowest BCUT2D eigenvalue weighted by Crippen LogP contribution is -2.47. The van der Waals surface area contributed by atoms with Gasteiger partial charge in [-0.05, 0) is 37.0 Å². The first kappa shape index (κ1) is 24.9. The Morgan fingerprint density at radius 3 is 2.54 bits per heavy atom. The fourth-order valence-corrected chi connectivity index (χ4v) is 5.36. The molecule has 0 bridgehead atoms. The van der Waals surface area contributed by atoms with Crippen LogP contribution in [0, 0.1) is 17.5 Å². The minimum Gasteiger partial charge on any atom is -0.367 e. The van der Waals surface area contributed by atoms with Crippen molar-refractivity contribution < 1.29 is 18.0 Å². The molecule has 1 saturated heterocycles. The van der Waals surface area contributed by atoms with Gasteiger partial charge in [0.2, 0.25) is 0 Å². The largest absolute Gasteiger partial charge is 0.367 e. The Kier molecular flexibility index (Phi) is 6.96. The predicted octanol–water partition coefficient (Wildman–Crippen LogP) is 5.34. The second kappa shape index (κ2) is 10.3. The summed E-state index contributed by atoms with van der Waals surface area (Å²) in [5, 5.41) is 3.89. The molecule has 0 radical (unpaired) electrons. The zero-order valence-electron chi connectivity index (χ0n) is 20.3. The van der Waals surface area contributed by atoms with E-state index >= 15 is 0 Å². The molecule has 1 N–H and O–H groups in total. The summed E-state index contributed by atoms with van der Waals surface area (Å²) in [5.74, 6) is -2.08. The number of hydrogen-bond donors (Lipinski definition) is 1. The van der Waals surface area contributed by atoms with Crippen LogP contribution in [0.15, 0.2) is 42.6 Å². The summed E-state index contributed by atoms with van der Waals surface area (Å²) in [4.78, 5) is 31.3. The third-order valence-corrected chi connectivity index (χ3v) is 7.57. The van der Waals surface area contributed by atoms with Crippen molar-refractivity contribution in [2.75, 3.05) is 37.4 Å². The Labute approximate surface area is 216 Å². The molecule has 0 aliphatic carbocycles. The van der Waals surface area contributed by atoms with Crippen LogP contribution in [-0.2, 0) is 0 Å². The Morgan fingerprint density at radius 2 is 1.81 bits per heavy atom. The molecule has 2 aromatic carbocycles. The number of fused-ring (bicyclic) bond motifs is 1. The van der Waals surface area contributed by atoms with Crippen molar-refractivity contribution in [1.29, 1.82) is 0 Å². The number of aromatic nitrogens is 3.